The summed E-state index contributed by atoms with van der Waals surface area (Å²) in [6, 6.07) is 5.55. The van der Waals surface area contributed by atoms with Gasteiger partial charge in [0.15, 0.2) is 11.5 Å². The number of aliphatic hydroxyl groups excluding tert-OH is 1. The molecule has 3 nitrogen and oxygen atoms in total. The monoisotopic (exact) mass is 238 g/mol. The lowest BCUT2D eigenvalue weighted by Gasteiger charge is -2.18. The maximum atomic E-state index is 9.51. The quantitative estimate of drug-likeness (QED) is 0.826. The summed E-state index contributed by atoms with van der Waals surface area (Å²) in [5, 5.41) is 9.51. The number of benzene rings is 1. The molecule has 0 radical (unpaired) electrons. The highest BCUT2D eigenvalue weighted by molar-refractivity contribution is 5.43. The van der Waals surface area contributed by atoms with E-state index < -0.39 is 6.10 Å². The van der Waals surface area contributed by atoms with Crippen LogP contribution in [0.5, 0.6) is 11.5 Å². The lowest BCUT2D eigenvalue weighted by molar-refractivity contribution is 0.182. The first-order valence-corrected chi connectivity index (χ1v) is 6.15. The highest BCUT2D eigenvalue weighted by atomic mass is 16.5. The van der Waals surface area contributed by atoms with Gasteiger partial charge in [0.05, 0.1) is 19.3 Å². The van der Waals surface area contributed by atoms with Crippen molar-refractivity contribution in [3.05, 3.63) is 23.8 Å². The molecular formula is C14H22O3. The Hall–Kier alpha value is -1.22. The number of hydrogen-bond donors (Lipinski definition) is 1. The minimum atomic E-state index is -0.494. The smallest absolute Gasteiger partial charge is 0.161 e. The lowest BCUT2D eigenvalue weighted by atomic mass is 10.1. The molecule has 96 valence electrons. The Kier molecular flexibility index (Phi) is 5.29. The van der Waals surface area contributed by atoms with Gasteiger partial charge in [-0.25, -0.2) is 0 Å². The zero-order chi connectivity index (χ0) is 12.8. The molecule has 3 heteroatoms. The van der Waals surface area contributed by atoms with E-state index in [-0.39, 0.29) is 6.10 Å². The molecule has 0 saturated heterocycles. The van der Waals surface area contributed by atoms with Crippen molar-refractivity contribution in [1.82, 2.24) is 0 Å². The van der Waals surface area contributed by atoms with E-state index in [2.05, 4.69) is 13.8 Å². The van der Waals surface area contributed by atoms with Crippen LogP contribution in [0.2, 0.25) is 0 Å². The topological polar surface area (TPSA) is 38.7 Å². The van der Waals surface area contributed by atoms with Gasteiger partial charge in [-0.15, -0.1) is 0 Å². The van der Waals surface area contributed by atoms with Crippen LogP contribution in [-0.2, 0) is 0 Å². The Morgan fingerprint density at radius 3 is 2.29 bits per heavy atom. The van der Waals surface area contributed by atoms with Crippen LogP contribution in [-0.4, -0.2) is 18.3 Å². The molecule has 0 aliphatic carbocycles. The molecule has 1 atom stereocenters. The van der Waals surface area contributed by atoms with Crippen LogP contribution >= 0.6 is 0 Å². The van der Waals surface area contributed by atoms with Gasteiger partial charge in [0, 0.05) is 0 Å². The largest absolute Gasteiger partial charge is 0.493 e. The second kappa shape index (κ2) is 6.50. The van der Waals surface area contributed by atoms with E-state index in [0.29, 0.717) is 5.75 Å². The molecule has 0 spiro atoms. The van der Waals surface area contributed by atoms with Crippen molar-refractivity contribution in [2.45, 2.75) is 45.8 Å². The van der Waals surface area contributed by atoms with Gasteiger partial charge in [-0.3, -0.25) is 0 Å². The standard InChI is InChI=1S/C14H22O3/c1-5-12(6-2)17-13-8-7-11(10(3)15)9-14(13)16-4/h7-10,12,15H,5-6H2,1-4H3. The second-order valence-corrected chi connectivity index (χ2v) is 4.14. The van der Waals surface area contributed by atoms with Crippen molar-refractivity contribution >= 4 is 0 Å². The van der Waals surface area contributed by atoms with Crippen molar-refractivity contribution < 1.29 is 14.6 Å². The average Bonchev–Trinajstić information content (AvgIpc) is 2.35. The van der Waals surface area contributed by atoms with E-state index >= 15 is 0 Å². The SMILES string of the molecule is CCC(CC)Oc1ccc(C(C)O)cc1OC. The van der Waals surface area contributed by atoms with Gasteiger partial charge in [-0.1, -0.05) is 19.9 Å². The van der Waals surface area contributed by atoms with Gasteiger partial charge < -0.3 is 14.6 Å². The van der Waals surface area contributed by atoms with E-state index in [1.165, 1.54) is 0 Å². The molecule has 0 aliphatic heterocycles. The minimum absolute atomic E-state index is 0.210. The summed E-state index contributed by atoms with van der Waals surface area (Å²) in [4.78, 5) is 0. The van der Waals surface area contributed by atoms with Crippen LogP contribution in [0.3, 0.4) is 0 Å². The van der Waals surface area contributed by atoms with Crippen LogP contribution in [0.15, 0.2) is 18.2 Å². The van der Waals surface area contributed by atoms with Gasteiger partial charge >= 0.3 is 0 Å². The maximum Gasteiger partial charge on any atom is 0.161 e. The molecule has 1 N–H and O–H groups in total. The summed E-state index contributed by atoms with van der Waals surface area (Å²) in [6.45, 7) is 5.94. The highest BCUT2D eigenvalue weighted by Crippen LogP contribution is 2.31. The van der Waals surface area contributed by atoms with Crippen molar-refractivity contribution in [2.75, 3.05) is 7.11 Å². The summed E-state index contributed by atoms with van der Waals surface area (Å²) in [5.41, 5.74) is 0.832. The average molecular weight is 238 g/mol. The summed E-state index contributed by atoms with van der Waals surface area (Å²) in [5.74, 6) is 1.42. The molecule has 0 bridgehead atoms. The van der Waals surface area contributed by atoms with Gasteiger partial charge in [0.2, 0.25) is 0 Å². The summed E-state index contributed by atoms with van der Waals surface area (Å²) >= 11 is 0. The summed E-state index contributed by atoms with van der Waals surface area (Å²) in [7, 11) is 1.61. The Bertz CT molecular complexity index is 343. The molecule has 0 amide bonds. The minimum Gasteiger partial charge on any atom is -0.493 e. The number of methoxy groups -OCH3 is 1. The molecule has 17 heavy (non-hydrogen) atoms. The van der Waals surface area contributed by atoms with Crippen molar-refractivity contribution in [1.29, 1.82) is 0 Å². The Labute approximate surface area is 103 Å². The predicted molar refractivity (Wildman–Crippen MR) is 68.6 cm³/mol. The van der Waals surface area contributed by atoms with Gasteiger partial charge in [0.25, 0.3) is 0 Å². The highest BCUT2D eigenvalue weighted by Gasteiger charge is 2.12. The van der Waals surface area contributed by atoms with Gasteiger partial charge in [-0.2, -0.15) is 0 Å². The van der Waals surface area contributed by atoms with Crippen molar-refractivity contribution in [2.24, 2.45) is 0 Å². The fourth-order valence-electron chi connectivity index (χ4n) is 1.68. The summed E-state index contributed by atoms with van der Waals surface area (Å²) < 4.78 is 11.2. The van der Waals surface area contributed by atoms with Gasteiger partial charge in [0.1, 0.15) is 0 Å². The second-order valence-electron chi connectivity index (χ2n) is 4.14. The molecule has 1 aromatic rings. The number of ether oxygens (including phenoxy) is 2. The zero-order valence-electron chi connectivity index (χ0n) is 11.1. The Morgan fingerprint density at radius 1 is 1.18 bits per heavy atom. The molecular weight excluding hydrogens is 216 g/mol. The first-order valence-electron chi connectivity index (χ1n) is 6.15. The fourth-order valence-corrected chi connectivity index (χ4v) is 1.68. The molecule has 0 heterocycles. The molecule has 1 aromatic carbocycles. The maximum absolute atomic E-state index is 9.51. The third-order valence-electron chi connectivity index (χ3n) is 2.87. The van der Waals surface area contributed by atoms with E-state index in [1.807, 2.05) is 18.2 Å². The normalized spacial score (nSPS) is 12.6. The van der Waals surface area contributed by atoms with Crippen LogP contribution in [0.25, 0.3) is 0 Å². The van der Waals surface area contributed by atoms with Crippen molar-refractivity contribution in [3.63, 3.8) is 0 Å². The number of hydrogen-bond acceptors (Lipinski definition) is 3. The molecule has 0 aliphatic rings. The summed E-state index contributed by atoms with van der Waals surface area (Å²) in [6.07, 6.45) is 1.66. The Morgan fingerprint density at radius 2 is 1.82 bits per heavy atom. The fraction of sp³-hybridized carbons (Fsp3) is 0.571. The molecule has 1 unspecified atom stereocenters. The van der Waals surface area contributed by atoms with Crippen LogP contribution < -0.4 is 9.47 Å². The van der Waals surface area contributed by atoms with Gasteiger partial charge in [-0.05, 0) is 37.5 Å². The molecule has 1 rings (SSSR count). The molecule has 0 fully saturated rings. The Balaban J connectivity index is 2.92. The van der Waals surface area contributed by atoms with Crippen LogP contribution in [0.4, 0.5) is 0 Å². The van der Waals surface area contributed by atoms with E-state index in [0.717, 1.165) is 24.2 Å². The van der Waals surface area contributed by atoms with Crippen LogP contribution in [0.1, 0.15) is 45.3 Å². The third-order valence-corrected chi connectivity index (χ3v) is 2.87. The first kappa shape index (κ1) is 13.8. The van der Waals surface area contributed by atoms with E-state index in [4.69, 9.17) is 9.47 Å². The van der Waals surface area contributed by atoms with E-state index in [9.17, 15) is 5.11 Å². The van der Waals surface area contributed by atoms with E-state index in [1.54, 1.807) is 14.0 Å². The zero-order valence-corrected chi connectivity index (χ0v) is 11.1. The lowest BCUT2D eigenvalue weighted by Crippen LogP contribution is -2.14. The molecule has 0 aromatic heterocycles. The predicted octanol–water partition coefficient (Wildman–Crippen LogP) is 3.32. The van der Waals surface area contributed by atoms with Crippen molar-refractivity contribution in [3.8, 4) is 11.5 Å². The number of aliphatic hydroxyl groups is 1. The third kappa shape index (κ3) is 3.63. The number of rotatable bonds is 6. The van der Waals surface area contributed by atoms with Crippen LogP contribution in [0, 0.1) is 0 Å². The molecule has 0 saturated carbocycles. The first-order chi connectivity index (χ1) is 8.12.